The molecule has 1 aromatic heterocycles. The number of rotatable bonds is 5. The zero-order valence-electron chi connectivity index (χ0n) is 13.0. The van der Waals surface area contributed by atoms with Crippen molar-refractivity contribution in [3.8, 4) is 5.69 Å². The summed E-state index contributed by atoms with van der Waals surface area (Å²) in [4.78, 5) is 12.8. The van der Waals surface area contributed by atoms with Crippen molar-refractivity contribution in [3.05, 3.63) is 58.9 Å². The smallest absolute Gasteiger partial charge is 0.203 e. The van der Waals surface area contributed by atoms with Crippen LogP contribution in [0.3, 0.4) is 0 Å². The summed E-state index contributed by atoms with van der Waals surface area (Å²) in [7, 11) is 0. The zero-order chi connectivity index (χ0) is 16.2. The number of hydrogen-bond acceptors (Lipinski definition) is 3. The first-order valence-electron chi connectivity index (χ1n) is 7.74. The van der Waals surface area contributed by atoms with Crippen molar-refractivity contribution < 1.29 is 10.1 Å². The third-order valence-electron chi connectivity index (χ3n) is 3.82. The molecule has 2 heterocycles. The number of para-hydroxylation sites is 1. The maximum Gasteiger partial charge on any atom is 0.203 e. The number of H-pyrrole nitrogens is 1. The van der Waals surface area contributed by atoms with Crippen LogP contribution in [0.25, 0.3) is 11.3 Å². The van der Waals surface area contributed by atoms with Crippen LogP contribution in [0.1, 0.15) is 32.0 Å². The number of nitrogens with zero attached hydrogens (tertiary/aromatic N) is 2. The second kappa shape index (κ2) is 6.85. The molecule has 3 rings (SSSR count). The van der Waals surface area contributed by atoms with E-state index in [0.29, 0.717) is 16.2 Å². The number of carbonyl (C=O) groups excluding carboxylic acids is 1. The highest BCUT2D eigenvalue weighted by Gasteiger charge is 2.26. The Kier molecular flexibility index (Phi) is 4.64. The lowest BCUT2D eigenvalue weighted by Gasteiger charge is -2.12. The fourth-order valence-corrected chi connectivity index (χ4v) is 2.86. The third kappa shape index (κ3) is 3.09. The first kappa shape index (κ1) is 15.6. The summed E-state index contributed by atoms with van der Waals surface area (Å²) in [6.07, 6.45) is 6.56. The number of Topliss-reactive ketones (excluding diaryl/α,β-unsaturated/α-hetero) is 1. The molecule has 5 nitrogen and oxygen atoms in total. The fraction of sp³-hybridized carbons (Fsp3) is 0.235. The molecule has 3 N–H and O–H groups in total. The van der Waals surface area contributed by atoms with Gasteiger partial charge in [-0.2, -0.15) is 5.10 Å². The van der Waals surface area contributed by atoms with Gasteiger partial charge in [0, 0.05) is 5.69 Å². The minimum Gasteiger partial charge on any atom is -0.293 e. The number of quaternary nitrogens is 1. The Bertz CT molecular complexity index is 830. The van der Waals surface area contributed by atoms with Crippen molar-refractivity contribution in [2.45, 2.75) is 26.2 Å². The number of nitrogens with one attached hydrogen (secondary N) is 1. The van der Waals surface area contributed by atoms with E-state index in [2.05, 4.69) is 17.1 Å². The fourth-order valence-electron chi connectivity index (χ4n) is 2.62. The van der Waals surface area contributed by atoms with Crippen LogP contribution >= 0.6 is 12.2 Å². The van der Waals surface area contributed by atoms with Gasteiger partial charge in [0.05, 0.1) is 5.57 Å². The van der Waals surface area contributed by atoms with Gasteiger partial charge in [-0.25, -0.2) is 0 Å². The maximum absolute atomic E-state index is 12.8. The topological polar surface area (TPSA) is 67.3 Å². The zero-order valence-corrected chi connectivity index (χ0v) is 13.8. The number of hydrogen-bond donors (Lipinski definition) is 2. The molecule has 0 saturated heterocycles. The number of allylic oxidation sites excluding steroid dienone is 2. The Morgan fingerprint density at radius 1 is 1.26 bits per heavy atom. The van der Waals surface area contributed by atoms with Gasteiger partial charge in [0.15, 0.2) is 10.6 Å². The van der Waals surface area contributed by atoms with Gasteiger partial charge in [-0.05, 0) is 37.2 Å². The molecule has 0 fully saturated rings. The van der Waals surface area contributed by atoms with E-state index in [-0.39, 0.29) is 5.78 Å². The van der Waals surface area contributed by atoms with E-state index < -0.39 is 0 Å². The molecule has 1 aliphatic heterocycles. The number of nitrogens with two attached hydrogens (primary N) is 1. The number of ketones is 1. The molecule has 0 bridgehead atoms. The lowest BCUT2D eigenvalue weighted by atomic mass is 9.97. The SMILES string of the molecule is CCCCC1=C[NH2+]C=C(c2n[nH]c(=S)n2-c2ccccc2)C1=O. The van der Waals surface area contributed by atoms with Crippen LogP contribution in [0, 0.1) is 4.77 Å². The molecule has 1 aromatic carbocycles. The number of unbranched alkanes of at least 4 members (excludes halogenated alkanes) is 1. The number of carbonyl (C=O) groups is 1. The second-order valence-electron chi connectivity index (χ2n) is 5.42. The molecule has 118 valence electrons. The Balaban J connectivity index is 1.99. The summed E-state index contributed by atoms with van der Waals surface area (Å²) >= 11 is 5.34. The highest BCUT2D eigenvalue weighted by Crippen LogP contribution is 2.23. The number of benzene rings is 1. The van der Waals surface area contributed by atoms with Crippen LogP contribution in [0.15, 0.2) is 48.3 Å². The highest BCUT2D eigenvalue weighted by molar-refractivity contribution is 7.71. The summed E-state index contributed by atoms with van der Waals surface area (Å²) in [5.74, 6) is 0.594. The van der Waals surface area contributed by atoms with Crippen molar-refractivity contribution in [3.63, 3.8) is 0 Å². The van der Waals surface area contributed by atoms with E-state index in [1.54, 1.807) is 4.57 Å². The lowest BCUT2D eigenvalue weighted by molar-refractivity contribution is -0.514. The second-order valence-corrected chi connectivity index (χ2v) is 5.81. The molecule has 0 aliphatic carbocycles. The van der Waals surface area contributed by atoms with Gasteiger partial charge in [0.2, 0.25) is 5.78 Å². The third-order valence-corrected chi connectivity index (χ3v) is 4.10. The summed E-state index contributed by atoms with van der Waals surface area (Å²) in [6.45, 7) is 2.12. The first-order valence-corrected chi connectivity index (χ1v) is 8.15. The quantitative estimate of drug-likeness (QED) is 0.829. The molecule has 0 spiro atoms. The van der Waals surface area contributed by atoms with E-state index >= 15 is 0 Å². The molecule has 1 aliphatic rings. The predicted octanol–water partition coefficient (Wildman–Crippen LogP) is 2.49. The molecular weight excluding hydrogens is 308 g/mol. The average Bonchev–Trinajstić information content (AvgIpc) is 2.96. The van der Waals surface area contributed by atoms with E-state index in [4.69, 9.17) is 12.2 Å². The van der Waals surface area contributed by atoms with Gasteiger partial charge in [-0.3, -0.25) is 19.8 Å². The lowest BCUT2D eigenvalue weighted by Crippen LogP contribution is -2.73. The van der Waals surface area contributed by atoms with E-state index in [9.17, 15) is 4.79 Å². The van der Waals surface area contributed by atoms with E-state index in [1.807, 2.05) is 48.0 Å². The molecule has 0 unspecified atom stereocenters. The van der Waals surface area contributed by atoms with E-state index in [1.165, 1.54) is 0 Å². The number of aromatic nitrogens is 3. The molecule has 0 atom stereocenters. The average molecular weight is 327 g/mol. The largest absolute Gasteiger partial charge is 0.293 e. The Morgan fingerprint density at radius 2 is 2.04 bits per heavy atom. The van der Waals surface area contributed by atoms with Crippen molar-refractivity contribution in [1.29, 1.82) is 0 Å². The highest BCUT2D eigenvalue weighted by atomic mass is 32.1. The van der Waals surface area contributed by atoms with Crippen LogP contribution < -0.4 is 5.32 Å². The van der Waals surface area contributed by atoms with Crippen LogP contribution in [0.5, 0.6) is 0 Å². The van der Waals surface area contributed by atoms with Gasteiger partial charge in [-0.1, -0.05) is 31.5 Å². The van der Waals surface area contributed by atoms with Gasteiger partial charge >= 0.3 is 0 Å². The molecule has 6 heteroatoms. The van der Waals surface area contributed by atoms with Crippen molar-refractivity contribution in [2.24, 2.45) is 0 Å². The summed E-state index contributed by atoms with van der Waals surface area (Å²) in [5.41, 5.74) is 2.30. The number of aromatic amines is 1. The first-order chi connectivity index (χ1) is 11.2. The molecule has 23 heavy (non-hydrogen) atoms. The van der Waals surface area contributed by atoms with Gasteiger partial charge in [0.1, 0.15) is 18.0 Å². The normalized spacial score (nSPS) is 14.6. The van der Waals surface area contributed by atoms with Crippen LogP contribution in [0.4, 0.5) is 0 Å². The van der Waals surface area contributed by atoms with Crippen molar-refractivity contribution in [2.75, 3.05) is 0 Å². The molecule has 2 aromatic rings. The van der Waals surface area contributed by atoms with Crippen molar-refractivity contribution >= 4 is 23.6 Å². The van der Waals surface area contributed by atoms with E-state index in [0.717, 1.165) is 30.5 Å². The Morgan fingerprint density at radius 3 is 2.78 bits per heavy atom. The van der Waals surface area contributed by atoms with Crippen LogP contribution in [-0.2, 0) is 4.79 Å². The Hall–Kier alpha value is -2.31. The summed E-state index contributed by atoms with van der Waals surface area (Å²) in [5, 5.41) is 9.00. The molecule has 0 radical (unpaired) electrons. The van der Waals surface area contributed by atoms with Crippen LogP contribution in [-0.4, -0.2) is 20.5 Å². The Labute approximate surface area is 139 Å². The van der Waals surface area contributed by atoms with Gasteiger partial charge in [-0.15, -0.1) is 0 Å². The molecule has 0 amide bonds. The van der Waals surface area contributed by atoms with Gasteiger partial charge < -0.3 is 0 Å². The van der Waals surface area contributed by atoms with Crippen molar-refractivity contribution in [1.82, 2.24) is 14.8 Å². The predicted molar refractivity (Wildman–Crippen MR) is 91.3 cm³/mol. The molecule has 0 saturated carbocycles. The standard InChI is InChI=1S/C17H18N4OS/c1-2-3-7-12-10-18-11-14(15(12)22)16-19-20-17(23)21(16)13-8-5-4-6-9-13/h4-6,8-11H,2-3,7H2,1H3,(H,18,22)(H,20,23)/p+1. The molecular formula is C17H19N4OS+. The van der Waals surface area contributed by atoms with Crippen LogP contribution in [0.2, 0.25) is 0 Å². The summed E-state index contributed by atoms with van der Waals surface area (Å²) < 4.78 is 2.28. The minimum absolute atomic E-state index is 0.0344. The summed E-state index contributed by atoms with van der Waals surface area (Å²) in [6, 6.07) is 9.70. The maximum atomic E-state index is 12.8. The van der Waals surface area contributed by atoms with Gasteiger partial charge in [0.25, 0.3) is 0 Å². The monoisotopic (exact) mass is 327 g/mol. The minimum atomic E-state index is 0.0344.